The second-order valence-corrected chi connectivity index (χ2v) is 5.24. The van der Waals surface area contributed by atoms with Crippen LogP contribution in [0.1, 0.15) is 34.3 Å². The van der Waals surface area contributed by atoms with E-state index >= 15 is 0 Å². The van der Waals surface area contributed by atoms with Crippen molar-refractivity contribution in [1.29, 1.82) is 0 Å². The van der Waals surface area contributed by atoms with Gasteiger partial charge in [-0.1, -0.05) is 6.07 Å². The number of pyridine rings is 1. The summed E-state index contributed by atoms with van der Waals surface area (Å²) < 4.78 is 7.43. The van der Waals surface area contributed by atoms with Gasteiger partial charge in [-0.05, 0) is 25.5 Å². The first kappa shape index (κ1) is 13.8. The van der Waals surface area contributed by atoms with Crippen molar-refractivity contribution in [3.8, 4) is 0 Å². The molecule has 21 heavy (non-hydrogen) atoms. The van der Waals surface area contributed by atoms with Gasteiger partial charge in [0, 0.05) is 37.3 Å². The van der Waals surface area contributed by atoms with Crippen LogP contribution in [0.5, 0.6) is 0 Å². The van der Waals surface area contributed by atoms with Gasteiger partial charge >= 0.3 is 0 Å². The van der Waals surface area contributed by atoms with Gasteiger partial charge in [-0.25, -0.2) is 0 Å². The van der Waals surface area contributed by atoms with E-state index in [1.807, 2.05) is 26.1 Å². The number of rotatable bonds is 3. The summed E-state index contributed by atoms with van der Waals surface area (Å²) >= 11 is 0. The molecule has 0 bridgehead atoms. The maximum Gasteiger partial charge on any atom is 0.272 e. The first-order valence-corrected chi connectivity index (χ1v) is 6.98. The van der Waals surface area contributed by atoms with Gasteiger partial charge in [0.05, 0.1) is 6.04 Å². The van der Waals surface area contributed by atoms with E-state index in [9.17, 15) is 4.79 Å². The number of hydrogen-bond donors (Lipinski definition) is 1. The van der Waals surface area contributed by atoms with Crippen LogP contribution in [-0.4, -0.2) is 33.3 Å². The van der Waals surface area contributed by atoms with E-state index in [-0.39, 0.29) is 18.1 Å². The maximum atomic E-state index is 12.3. The molecule has 1 saturated heterocycles. The number of ether oxygens (including phenoxy) is 1. The Balaban J connectivity index is 1.73. The lowest BCUT2D eigenvalue weighted by molar-refractivity contribution is 0.0816. The molecule has 1 N–H and O–H groups in total. The second kappa shape index (κ2) is 5.65. The minimum absolute atomic E-state index is 0.0518. The van der Waals surface area contributed by atoms with Gasteiger partial charge in [0.2, 0.25) is 0 Å². The smallest absolute Gasteiger partial charge is 0.272 e. The summed E-state index contributed by atoms with van der Waals surface area (Å²) in [4.78, 5) is 16.4. The Kier molecular flexibility index (Phi) is 3.70. The zero-order chi connectivity index (χ0) is 14.8. The van der Waals surface area contributed by atoms with Gasteiger partial charge < -0.3 is 10.1 Å². The summed E-state index contributed by atoms with van der Waals surface area (Å²) in [5, 5.41) is 7.22. The largest absolute Gasteiger partial charge is 0.371 e. The average Bonchev–Trinajstić information content (AvgIpc) is 3.07. The van der Waals surface area contributed by atoms with Crippen LogP contribution in [-0.2, 0) is 11.8 Å². The van der Waals surface area contributed by atoms with Crippen LogP contribution >= 0.6 is 0 Å². The van der Waals surface area contributed by atoms with Crippen LogP contribution in [0.25, 0.3) is 0 Å². The normalized spacial score (nSPS) is 21.4. The number of carbonyl (C=O) groups is 1. The molecule has 0 unspecified atom stereocenters. The maximum absolute atomic E-state index is 12.3. The third kappa shape index (κ3) is 2.80. The number of aryl methyl sites for hydroxylation is 2. The van der Waals surface area contributed by atoms with Crippen LogP contribution in [0.2, 0.25) is 0 Å². The van der Waals surface area contributed by atoms with Crippen molar-refractivity contribution in [3.05, 3.63) is 47.5 Å². The van der Waals surface area contributed by atoms with Gasteiger partial charge in [-0.3, -0.25) is 14.5 Å². The Morgan fingerprint density at radius 2 is 2.38 bits per heavy atom. The highest BCUT2D eigenvalue weighted by molar-refractivity contribution is 5.92. The summed E-state index contributed by atoms with van der Waals surface area (Å²) in [6.07, 6.45) is 4.15. The highest BCUT2D eigenvalue weighted by atomic mass is 16.5. The summed E-state index contributed by atoms with van der Waals surface area (Å²) in [6, 6.07) is 5.57. The van der Waals surface area contributed by atoms with Gasteiger partial charge in [-0.15, -0.1) is 0 Å². The predicted molar refractivity (Wildman–Crippen MR) is 76.7 cm³/mol. The van der Waals surface area contributed by atoms with Crippen LogP contribution in [0, 0.1) is 6.92 Å². The third-order valence-corrected chi connectivity index (χ3v) is 3.77. The van der Waals surface area contributed by atoms with Crippen molar-refractivity contribution in [1.82, 2.24) is 20.1 Å². The molecule has 2 atom stereocenters. The summed E-state index contributed by atoms with van der Waals surface area (Å²) in [5.74, 6) is -0.164. The molecule has 1 aliphatic heterocycles. The van der Waals surface area contributed by atoms with Crippen molar-refractivity contribution < 1.29 is 9.53 Å². The van der Waals surface area contributed by atoms with Crippen molar-refractivity contribution in [2.24, 2.45) is 7.05 Å². The highest BCUT2D eigenvalue weighted by Crippen LogP contribution is 2.28. The molecule has 1 fully saturated rings. The minimum atomic E-state index is -0.164. The molecule has 0 radical (unpaired) electrons. The summed E-state index contributed by atoms with van der Waals surface area (Å²) in [7, 11) is 1.82. The van der Waals surface area contributed by atoms with Crippen LogP contribution in [0.3, 0.4) is 0 Å². The van der Waals surface area contributed by atoms with Crippen LogP contribution in [0.15, 0.2) is 30.6 Å². The molecule has 1 amide bonds. The van der Waals surface area contributed by atoms with E-state index in [0.29, 0.717) is 12.3 Å². The molecule has 2 aromatic heterocycles. The summed E-state index contributed by atoms with van der Waals surface area (Å²) in [5.41, 5.74) is 2.37. The van der Waals surface area contributed by atoms with Crippen molar-refractivity contribution >= 4 is 5.91 Å². The zero-order valence-electron chi connectivity index (χ0n) is 12.1. The predicted octanol–water partition coefficient (Wildman–Crippen LogP) is 1.38. The lowest BCUT2D eigenvalue weighted by atomic mass is 10.0. The van der Waals surface area contributed by atoms with E-state index in [1.54, 1.807) is 23.1 Å². The molecule has 6 nitrogen and oxygen atoms in total. The number of hydrogen-bond acceptors (Lipinski definition) is 4. The van der Waals surface area contributed by atoms with E-state index in [2.05, 4.69) is 15.4 Å². The molecular formula is C15H18N4O2. The zero-order valence-corrected chi connectivity index (χ0v) is 12.1. The summed E-state index contributed by atoms with van der Waals surface area (Å²) in [6.45, 7) is 2.55. The Morgan fingerprint density at radius 3 is 3.05 bits per heavy atom. The van der Waals surface area contributed by atoms with E-state index in [1.165, 1.54) is 0 Å². The molecular weight excluding hydrogens is 268 g/mol. The number of amides is 1. The number of aromatic nitrogens is 3. The quantitative estimate of drug-likeness (QED) is 0.925. The Bertz CT molecular complexity index is 619. The molecule has 0 spiro atoms. The molecule has 3 heterocycles. The SMILES string of the molecule is Cc1cc(C(=O)N[C@H]2CCO[C@@H]2c2cccnc2)nn1C. The Morgan fingerprint density at radius 1 is 1.52 bits per heavy atom. The van der Waals surface area contributed by atoms with Crippen LogP contribution in [0.4, 0.5) is 0 Å². The topological polar surface area (TPSA) is 69.0 Å². The fourth-order valence-corrected chi connectivity index (χ4v) is 2.52. The minimum Gasteiger partial charge on any atom is -0.371 e. The van der Waals surface area contributed by atoms with Gasteiger partial charge in [0.15, 0.2) is 0 Å². The molecule has 3 rings (SSSR count). The van der Waals surface area contributed by atoms with E-state index < -0.39 is 0 Å². The Labute approximate surface area is 123 Å². The van der Waals surface area contributed by atoms with Crippen LogP contribution < -0.4 is 5.32 Å². The number of nitrogens with one attached hydrogen (secondary N) is 1. The molecule has 6 heteroatoms. The molecule has 2 aromatic rings. The monoisotopic (exact) mass is 286 g/mol. The number of nitrogens with zero attached hydrogens (tertiary/aromatic N) is 3. The van der Waals surface area contributed by atoms with Gasteiger partial charge in [0.1, 0.15) is 11.8 Å². The lowest BCUT2D eigenvalue weighted by Gasteiger charge is -2.19. The molecule has 0 aliphatic carbocycles. The number of carbonyl (C=O) groups excluding carboxylic acids is 1. The second-order valence-electron chi connectivity index (χ2n) is 5.24. The molecule has 110 valence electrons. The first-order chi connectivity index (χ1) is 10.1. The van der Waals surface area contributed by atoms with E-state index in [4.69, 9.17) is 4.74 Å². The van der Waals surface area contributed by atoms with Crippen molar-refractivity contribution in [2.45, 2.75) is 25.5 Å². The standard InChI is InChI=1S/C15H18N4O2/c1-10-8-13(18-19(10)2)15(20)17-12-5-7-21-14(12)11-4-3-6-16-9-11/h3-4,6,8-9,12,14H,5,7H2,1-2H3,(H,17,20)/t12-,14+/m0/s1. The lowest BCUT2D eigenvalue weighted by Crippen LogP contribution is -2.37. The highest BCUT2D eigenvalue weighted by Gasteiger charge is 2.31. The van der Waals surface area contributed by atoms with Gasteiger partial charge in [0.25, 0.3) is 5.91 Å². The third-order valence-electron chi connectivity index (χ3n) is 3.77. The first-order valence-electron chi connectivity index (χ1n) is 6.98. The average molecular weight is 286 g/mol. The molecule has 1 aliphatic rings. The van der Waals surface area contributed by atoms with Crippen molar-refractivity contribution in [3.63, 3.8) is 0 Å². The van der Waals surface area contributed by atoms with Gasteiger partial charge in [-0.2, -0.15) is 5.10 Å². The fraction of sp³-hybridized carbons (Fsp3) is 0.400. The fourth-order valence-electron chi connectivity index (χ4n) is 2.52. The Hall–Kier alpha value is -2.21. The van der Waals surface area contributed by atoms with Crippen molar-refractivity contribution in [2.75, 3.05) is 6.61 Å². The molecule has 0 saturated carbocycles. The molecule has 0 aromatic carbocycles. The van der Waals surface area contributed by atoms with E-state index in [0.717, 1.165) is 17.7 Å².